The Labute approximate surface area is 115 Å². The Morgan fingerprint density at radius 3 is 2.94 bits per heavy atom. The zero-order chi connectivity index (χ0) is 12.8. The van der Waals surface area contributed by atoms with Crippen molar-refractivity contribution in [2.75, 3.05) is 20.8 Å². The van der Waals surface area contributed by atoms with E-state index < -0.39 is 0 Å². The summed E-state index contributed by atoms with van der Waals surface area (Å²) in [5.74, 6) is 0. The van der Waals surface area contributed by atoms with Crippen LogP contribution in [0.15, 0.2) is 6.07 Å². The van der Waals surface area contributed by atoms with Gasteiger partial charge >= 0.3 is 0 Å². The second-order valence-electron chi connectivity index (χ2n) is 5.13. The fourth-order valence-electron chi connectivity index (χ4n) is 2.72. The van der Waals surface area contributed by atoms with Crippen LogP contribution in [0.1, 0.15) is 53.5 Å². The summed E-state index contributed by atoms with van der Waals surface area (Å²) in [7, 11) is 3.85. The lowest BCUT2D eigenvalue weighted by Gasteiger charge is -2.14. The van der Waals surface area contributed by atoms with Gasteiger partial charge in [0.15, 0.2) is 0 Å². The summed E-state index contributed by atoms with van der Waals surface area (Å²) in [6, 6.07) is 2.97. The molecule has 0 saturated carbocycles. The van der Waals surface area contributed by atoms with Gasteiger partial charge in [-0.05, 0) is 57.2 Å². The molecular formula is C15H25NOS. The average molecular weight is 267 g/mol. The molecule has 0 saturated heterocycles. The largest absolute Gasteiger partial charge is 0.385 e. The highest BCUT2D eigenvalue weighted by molar-refractivity contribution is 7.12. The van der Waals surface area contributed by atoms with Crippen LogP contribution in [-0.4, -0.2) is 20.8 Å². The molecule has 0 bridgehead atoms. The van der Waals surface area contributed by atoms with Gasteiger partial charge < -0.3 is 10.1 Å². The molecule has 0 aliphatic heterocycles. The van der Waals surface area contributed by atoms with E-state index in [9.17, 15) is 0 Å². The first-order valence-corrected chi connectivity index (χ1v) is 7.94. The van der Waals surface area contributed by atoms with Crippen molar-refractivity contribution in [2.45, 2.75) is 51.0 Å². The molecule has 0 spiro atoms. The first kappa shape index (κ1) is 14.0. The molecule has 2 nitrogen and oxygen atoms in total. The molecule has 1 aromatic heterocycles. The van der Waals surface area contributed by atoms with Gasteiger partial charge in [0.2, 0.25) is 0 Å². The van der Waals surface area contributed by atoms with Crippen molar-refractivity contribution >= 4 is 11.3 Å². The predicted octanol–water partition coefficient (Wildman–Crippen LogP) is 3.70. The van der Waals surface area contributed by atoms with Crippen LogP contribution in [0.5, 0.6) is 0 Å². The highest BCUT2D eigenvalue weighted by Gasteiger charge is 2.17. The van der Waals surface area contributed by atoms with E-state index in [1.807, 2.05) is 11.3 Å². The SMILES string of the molecule is CNC(CCCOC)c1cc2c(s1)CCCCC2. The van der Waals surface area contributed by atoms with Crippen LogP contribution in [0.4, 0.5) is 0 Å². The van der Waals surface area contributed by atoms with Gasteiger partial charge in [0.25, 0.3) is 0 Å². The summed E-state index contributed by atoms with van der Waals surface area (Å²) >= 11 is 2.04. The second kappa shape index (κ2) is 7.27. The van der Waals surface area contributed by atoms with E-state index in [0.29, 0.717) is 6.04 Å². The lowest BCUT2D eigenvalue weighted by atomic mass is 10.1. The van der Waals surface area contributed by atoms with E-state index >= 15 is 0 Å². The number of nitrogens with one attached hydrogen (secondary N) is 1. The first-order valence-electron chi connectivity index (χ1n) is 7.13. The predicted molar refractivity (Wildman–Crippen MR) is 78.5 cm³/mol. The smallest absolute Gasteiger partial charge is 0.0462 e. The van der Waals surface area contributed by atoms with E-state index in [2.05, 4.69) is 18.4 Å². The molecule has 0 aromatic carbocycles. The minimum Gasteiger partial charge on any atom is -0.385 e. The second-order valence-corrected chi connectivity index (χ2v) is 6.30. The summed E-state index contributed by atoms with van der Waals surface area (Å²) in [5.41, 5.74) is 1.62. The number of ether oxygens (including phenoxy) is 1. The van der Waals surface area contributed by atoms with E-state index in [4.69, 9.17) is 4.74 Å². The molecule has 0 fully saturated rings. The van der Waals surface area contributed by atoms with E-state index in [1.165, 1.54) is 43.4 Å². The third kappa shape index (κ3) is 3.56. The summed E-state index contributed by atoms with van der Waals surface area (Å²) in [6.07, 6.45) is 9.04. The molecule has 18 heavy (non-hydrogen) atoms. The normalized spacial score (nSPS) is 17.2. The number of thiophene rings is 1. The molecule has 1 aromatic rings. The van der Waals surface area contributed by atoms with Crippen LogP contribution in [0.2, 0.25) is 0 Å². The van der Waals surface area contributed by atoms with E-state index in [0.717, 1.165) is 13.0 Å². The molecular weight excluding hydrogens is 242 g/mol. The number of fused-ring (bicyclic) bond motifs is 1. The maximum atomic E-state index is 5.15. The molecule has 1 heterocycles. The number of methoxy groups -OCH3 is 1. The number of hydrogen-bond donors (Lipinski definition) is 1. The maximum absolute atomic E-state index is 5.15. The summed E-state index contributed by atoms with van der Waals surface area (Å²) in [6.45, 7) is 0.864. The first-order chi connectivity index (χ1) is 8.85. The monoisotopic (exact) mass is 267 g/mol. The minimum atomic E-state index is 0.511. The van der Waals surface area contributed by atoms with E-state index in [1.54, 1.807) is 17.6 Å². The van der Waals surface area contributed by atoms with Crippen LogP contribution < -0.4 is 5.32 Å². The summed E-state index contributed by atoms with van der Waals surface area (Å²) in [4.78, 5) is 3.18. The molecule has 1 aliphatic rings. The van der Waals surface area contributed by atoms with Crippen LogP contribution in [0.3, 0.4) is 0 Å². The molecule has 1 unspecified atom stereocenters. The molecule has 2 rings (SSSR count). The Bertz CT molecular complexity index is 338. The van der Waals surface area contributed by atoms with Crippen LogP contribution in [-0.2, 0) is 17.6 Å². The lowest BCUT2D eigenvalue weighted by Crippen LogP contribution is -2.15. The molecule has 0 radical (unpaired) electrons. The number of hydrogen-bond acceptors (Lipinski definition) is 3. The third-order valence-electron chi connectivity index (χ3n) is 3.80. The highest BCUT2D eigenvalue weighted by Crippen LogP contribution is 2.33. The topological polar surface area (TPSA) is 21.3 Å². The lowest BCUT2D eigenvalue weighted by molar-refractivity contribution is 0.189. The highest BCUT2D eigenvalue weighted by atomic mass is 32.1. The molecule has 3 heteroatoms. The van der Waals surface area contributed by atoms with E-state index in [-0.39, 0.29) is 0 Å². The fourth-order valence-corrected chi connectivity index (χ4v) is 4.12. The number of rotatable bonds is 6. The van der Waals surface area contributed by atoms with Gasteiger partial charge in [-0.15, -0.1) is 11.3 Å². The minimum absolute atomic E-state index is 0.511. The van der Waals surface area contributed by atoms with Crippen molar-refractivity contribution in [3.8, 4) is 0 Å². The van der Waals surface area contributed by atoms with Gasteiger partial charge in [-0.25, -0.2) is 0 Å². The third-order valence-corrected chi connectivity index (χ3v) is 5.15. The van der Waals surface area contributed by atoms with Crippen molar-refractivity contribution in [3.05, 3.63) is 21.4 Å². The standard InChI is InChI=1S/C15H25NOS/c1-16-13(8-6-10-17-2)15-11-12-7-4-3-5-9-14(12)18-15/h11,13,16H,3-10H2,1-2H3. The van der Waals surface area contributed by atoms with Gasteiger partial charge in [0.1, 0.15) is 0 Å². The van der Waals surface area contributed by atoms with Crippen molar-refractivity contribution in [1.82, 2.24) is 5.32 Å². The summed E-state index contributed by atoms with van der Waals surface area (Å²) in [5, 5.41) is 3.46. The van der Waals surface area contributed by atoms with Gasteiger partial charge in [-0.2, -0.15) is 0 Å². The maximum Gasteiger partial charge on any atom is 0.0462 e. The van der Waals surface area contributed by atoms with Crippen LogP contribution in [0, 0.1) is 0 Å². The van der Waals surface area contributed by atoms with Crippen LogP contribution in [0.25, 0.3) is 0 Å². The average Bonchev–Trinajstić information content (AvgIpc) is 2.66. The molecule has 1 N–H and O–H groups in total. The Morgan fingerprint density at radius 1 is 1.33 bits per heavy atom. The van der Waals surface area contributed by atoms with Gasteiger partial charge in [0, 0.05) is 29.5 Å². The van der Waals surface area contributed by atoms with Crippen molar-refractivity contribution < 1.29 is 4.74 Å². The Hall–Kier alpha value is -0.380. The zero-order valence-electron chi connectivity index (χ0n) is 11.6. The van der Waals surface area contributed by atoms with Crippen molar-refractivity contribution in [1.29, 1.82) is 0 Å². The molecule has 1 atom stereocenters. The fraction of sp³-hybridized carbons (Fsp3) is 0.733. The quantitative estimate of drug-likeness (QED) is 0.627. The van der Waals surface area contributed by atoms with Gasteiger partial charge in [-0.1, -0.05) is 6.42 Å². The van der Waals surface area contributed by atoms with Gasteiger partial charge in [-0.3, -0.25) is 0 Å². The number of aryl methyl sites for hydroxylation is 2. The van der Waals surface area contributed by atoms with Gasteiger partial charge in [0.05, 0.1) is 0 Å². The summed E-state index contributed by atoms with van der Waals surface area (Å²) < 4.78 is 5.15. The Kier molecular flexibility index (Phi) is 5.67. The van der Waals surface area contributed by atoms with Crippen molar-refractivity contribution in [2.24, 2.45) is 0 Å². The Balaban J connectivity index is 2.02. The Morgan fingerprint density at radius 2 is 2.17 bits per heavy atom. The molecule has 102 valence electrons. The molecule has 0 amide bonds. The van der Waals surface area contributed by atoms with Crippen LogP contribution >= 0.6 is 11.3 Å². The molecule has 1 aliphatic carbocycles. The van der Waals surface area contributed by atoms with Crippen molar-refractivity contribution in [3.63, 3.8) is 0 Å². The zero-order valence-corrected chi connectivity index (χ0v) is 12.4.